The molecule has 1 aromatic heterocycles. The predicted octanol–water partition coefficient (Wildman–Crippen LogP) is 0.457. The Morgan fingerprint density at radius 1 is 1.37 bits per heavy atom. The quantitative estimate of drug-likeness (QED) is 0.839. The number of anilines is 1. The molecule has 19 heavy (non-hydrogen) atoms. The van der Waals surface area contributed by atoms with Crippen molar-refractivity contribution in [1.82, 2.24) is 14.4 Å². The van der Waals surface area contributed by atoms with Crippen molar-refractivity contribution in [3.05, 3.63) is 28.7 Å². The Morgan fingerprint density at radius 3 is 2.89 bits per heavy atom. The van der Waals surface area contributed by atoms with Crippen LogP contribution in [0.5, 0.6) is 0 Å². The van der Waals surface area contributed by atoms with E-state index in [0.29, 0.717) is 18.3 Å². The summed E-state index contributed by atoms with van der Waals surface area (Å²) in [5.74, 6) is 0. The average molecular weight is 264 g/mol. The molecule has 2 heterocycles. The molecule has 0 spiro atoms. The zero-order chi connectivity index (χ0) is 13.8. The van der Waals surface area contributed by atoms with E-state index in [1.165, 1.54) is 18.9 Å². The lowest BCUT2D eigenvalue weighted by Gasteiger charge is -2.27. The van der Waals surface area contributed by atoms with E-state index in [-0.39, 0.29) is 5.56 Å². The van der Waals surface area contributed by atoms with Crippen LogP contribution in [0.3, 0.4) is 0 Å². The molecule has 2 rings (SSSR count). The Hall–Kier alpha value is -1.33. The standard InChI is InChI=1S/C14H24N4O/c1-16(2)11-13-4-3-7-17(13)8-9-18-10-12(15)5-6-14(18)19/h5-6,10,13H,3-4,7-9,11,15H2,1-2H3. The zero-order valence-corrected chi connectivity index (χ0v) is 11.9. The molecule has 0 bridgehead atoms. The van der Waals surface area contributed by atoms with Gasteiger partial charge in [0, 0.05) is 43.6 Å². The third-order valence-electron chi connectivity index (χ3n) is 3.71. The van der Waals surface area contributed by atoms with Gasteiger partial charge in [-0.15, -0.1) is 0 Å². The van der Waals surface area contributed by atoms with Gasteiger partial charge in [-0.1, -0.05) is 0 Å². The van der Waals surface area contributed by atoms with Crippen molar-refractivity contribution in [2.24, 2.45) is 0 Å². The van der Waals surface area contributed by atoms with E-state index in [2.05, 4.69) is 23.9 Å². The van der Waals surface area contributed by atoms with Gasteiger partial charge in [0.25, 0.3) is 5.56 Å². The normalized spacial score (nSPS) is 20.3. The van der Waals surface area contributed by atoms with Crippen LogP contribution in [0.15, 0.2) is 23.1 Å². The van der Waals surface area contributed by atoms with E-state index in [1.807, 2.05) is 0 Å². The fourth-order valence-electron chi connectivity index (χ4n) is 2.78. The number of nitrogen functional groups attached to an aromatic ring is 1. The van der Waals surface area contributed by atoms with Crippen LogP contribution in [-0.4, -0.2) is 54.1 Å². The van der Waals surface area contributed by atoms with Gasteiger partial charge < -0.3 is 15.2 Å². The molecule has 106 valence electrons. The zero-order valence-electron chi connectivity index (χ0n) is 11.9. The van der Waals surface area contributed by atoms with Crippen molar-refractivity contribution in [3.8, 4) is 0 Å². The van der Waals surface area contributed by atoms with E-state index >= 15 is 0 Å². The first-order valence-electron chi connectivity index (χ1n) is 6.91. The van der Waals surface area contributed by atoms with Crippen LogP contribution in [0.1, 0.15) is 12.8 Å². The maximum Gasteiger partial charge on any atom is 0.250 e. The van der Waals surface area contributed by atoms with Crippen LogP contribution in [0.2, 0.25) is 0 Å². The van der Waals surface area contributed by atoms with Crippen LogP contribution in [0.25, 0.3) is 0 Å². The van der Waals surface area contributed by atoms with E-state index in [9.17, 15) is 4.79 Å². The second-order valence-corrected chi connectivity index (χ2v) is 5.59. The van der Waals surface area contributed by atoms with Gasteiger partial charge in [0.05, 0.1) is 0 Å². The smallest absolute Gasteiger partial charge is 0.250 e. The van der Waals surface area contributed by atoms with Crippen molar-refractivity contribution >= 4 is 5.69 Å². The highest BCUT2D eigenvalue weighted by Crippen LogP contribution is 2.17. The highest BCUT2D eigenvalue weighted by atomic mass is 16.1. The second kappa shape index (κ2) is 6.21. The van der Waals surface area contributed by atoms with Gasteiger partial charge in [-0.3, -0.25) is 9.69 Å². The molecule has 1 aliphatic heterocycles. The average Bonchev–Trinajstić information content (AvgIpc) is 2.77. The molecule has 5 nitrogen and oxygen atoms in total. The fraction of sp³-hybridized carbons (Fsp3) is 0.643. The molecule has 5 heteroatoms. The molecule has 0 saturated carbocycles. The van der Waals surface area contributed by atoms with Crippen LogP contribution >= 0.6 is 0 Å². The lowest BCUT2D eigenvalue weighted by Crippen LogP contribution is -2.39. The van der Waals surface area contributed by atoms with Crippen molar-refractivity contribution in [2.45, 2.75) is 25.4 Å². The summed E-state index contributed by atoms with van der Waals surface area (Å²) in [5, 5.41) is 0. The number of likely N-dealkylation sites (N-methyl/N-ethyl adjacent to an activating group) is 1. The first kappa shape index (κ1) is 14.1. The Balaban J connectivity index is 1.94. The monoisotopic (exact) mass is 264 g/mol. The summed E-state index contributed by atoms with van der Waals surface area (Å²) in [6.45, 7) is 3.86. The van der Waals surface area contributed by atoms with Crippen molar-refractivity contribution in [1.29, 1.82) is 0 Å². The summed E-state index contributed by atoms with van der Waals surface area (Å²) in [6.07, 6.45) is 4.24. The minimum Gasteiger partial charge on any atom is -0.398 e. The van der Waals surface area contributed by atoms with Crippen LogP contribution < -0.4 is 11.3 Å². The summed E-state index contributed by atoms with van der Waals surface area (Å²) in [7, 11) is 4.22. The third kappa shape index (κ3) is 3.81. The molecule has 1 saturated heterocycles. The topological polar surface area (TPSA) is 54.5 Å². The van der Waals surface area contributed by atoms with Crippen molar-refractivity contribution in [3.63, 3.8) is 0 Å². The third-order valence-corrected chi connectivity index (χ3v) is 3.71. The Kier molecular flexibility index (Phi) is 4.61. The molecule has 1 aliphatic rings. The lowest BCUT2D eigenvalue weighted by atomic mass is 10.2. The summed E-state index contributed by atoms with van der Waals surface area (Å²) < 4.78 is 1.71. The highest BCUT2D eigenvalue weighted by molar-refractivity contribution is 5.33. The van der Waals surface area contributed by atoms with Crippen molar-refractivity contribution < 1.29 is 0 Å². The molecule has 0 aromatic carbocycles. The van der Waals surface area contributed by atoms with Gasteiger partial charge in [-0.25, -0.2) is 0 Å². The maximum absolute atomic E-state index is 11.7. The van der Waals surface area contributed by atoms with Gasteiger partial charge in [-0.2, -0.15) is 0 Å². The molecule has 1 aromatic rings. The number of hydrogen-bond acceptors (Lipinski definition) is 4. The van der Waals surface area contributed by atoms with Gasteiger partial charge in [0.2, 0.25) is 0 Å². The van der Waals surface area contributed by atoms with E-state index < -0.39 is 0 Å². The van der Waals surface area contributed by atoms with Gasteiger partial charge in [0.1, 0.15) is 0 Å². The molecule has 1 unspecified atom stereocenters. The molecule has 0 radical (unpaired) electrons. The Morgan fingerprint density at radius 2 is 2.16 bits per heavy atom. The molecule has 2 N–H and O–H groups in total. The minimum absolute atomic E-state index is 0.0255. The lowest BCUT2D eigenvalue weighted by molar-refractivity contribution is 0.201. The SMILES string of the molecule is CN(C)CC1CCCN1CCn1cc(N)ccc1=O. The number of nitrogens with two attached hydrogens (primary N) is 1. The van der Waals surface area contributed by atoms with E-state index in [0.717, 1.165) is 19.6 Å². The number of aromatic nitrogens is 1. The molecule has 0 aliphatic carbocycles. The molecular formula is C14H24N4O. The number of pyridine rings is 1. The van der Waals surface area contributed by atoms with Gasteiger partial charge >= 0.3 is 0 Å². The number of nitrogens with zero attached hydrogens (tertiary/aromatic N) is 3. The number of hydrogen-bond donors (Lipinski definition) is 1. The van der Waals surface area contributed by atoms with E-state index in [1.54, 1.807) is 16.8 Å². The second-order valence-electron chi connectivity index (χ2n) is 5.59. The minimum atomic E-state index is 0.0255. The maximum atomic E-state index is 11.7. The van der Waals surface area contributed by atoms with E-state index in [4.69, 9.17) is 5.73 Å². The summed E-state index contributed by atoms with van der Waals surface area (Å²) in [6, 6.07) is 3.81. The summed E-state index contributed by atoms with van der Waals surface area (Å²) in [5.41, 5.74) is 6.39. The molecule has 1 atom stereocenters. The largest absolute Gasteiger partial charge is 0.398 e. The van der Waals surface area contributed by atoms with Gasteiger partial charge in [-0.05, 0) is 39.5 Å². The number of likely N-dealkylation sites (tertiary alicyclic amines) is 1. The molecular weight excluding hydrogens is 240 g/mol. The molecule has 0 amide bonds. The fourth-order valence-corrected chi connectivity index (χ4v) is 2.78. The van der Waals surface area contributed by atoms with Crippen molar-refractivity contribution in [2.75, 3.05) is 39.5 Å². The summed E-state index contributed by atoms with van der Waals surface area (Å²) in [4.78, 5) is 16.4. The predicted molar refractivity (Wildman–Crippen MR) is 78.3 cm³/mol. The highest BCUT2D eigenvalue weighted by Gasteiger charge is 2.24. The van der Waals surface area contributed by atoms with Crippen LogP contribution in [0, 0.1) is 0 Å². The first-order valence-corrected chi connectivity index (χ1v) is 6.91. The number of rotatable bonds is 5. The first-order chi connectivity index (χ1) is 9.06. The molecule has 1 fully saturated rings. The Bertz CT molecular complexity index is 469. The van der Waals surface area contributed by atoms with Crippen LogP contribution in [-0.2, 0) is 6.54 Å². The van der Waals surface area contributed by atoms with Crippen LogP contribution in [0.4, 0.5) is 5.69 Å². The summed E-state index contributed by atoms with van der Waals surface area (Å²) >= 11 is 0. The Labute approximate surface area is 114 Å². The van der Waals surface area contributed by atoms with Gasteiger partial charge in [0.15, 0.2) is 0 Å².